The van der Waals surface area contributed by atoms with Gasteiger partial charge in [-0.1, -0.05) is 196 Å². The number of hydrogen-bond donors (Lipinski definition) is 0. The van der Waals surface area contributed by atoms with Crippen LogP contribution in [-0.4, -0.2) is 0 Å². The molecule has 10 aromatic carbocycles. The average molecular weight is 858 g/mol. The van der Waals surface area contributed by atoms with E-state index in [1.54, 1.807) is 0 Å². The Bertz CT molecular complexity index is 3730. The number of hydrogen-bond acceptors (Lipinski definition) is 2. The molecule has 0 unspecified atom stereocenters. The lowest BCUT2D eigenvalue weighted by molar-refractivity contribution is 0.615. The zero-order valence-corrected chi connectivity index (χ0v) is 37.6. The number of benzene rings is 10. The minimum Gasteiger partial charge on any atom is -0.464 e. The van der Waals surface area contributed by atoms with E-state index in [1.807, 2.05) is 12.3 Å². The van der Waals surface area contributed by atoms with Crippen LogP contribution in [0.3, 0.4) is 0 Å². The van der Waals surface area contributed by atoms with Gasteiger partial charge in [0.1, 0.15) is 5.58 Å². The van der Waals surface area contributed by atoms with Gasteiger partial charge < -0.3 is 9.32 Å². The van der Waals surface area contributed by atoms with Gasteiger partial charge in [-0.15, -0.1) is 0 Å². The van der Waals surface area contributed by atoms with E-state index in [-0.39, 0.29) is 5.41 Å². The number of nitrogens with zero attached hydrogens (tertiary/aromatic N) is 1. The SMILES string of the molecule is C=C/C=C(/c1ccccc1N(c1ccc(-c2cccc(-c3ccc4ccccc4c3)c2)cc1)c1ccc(-c2cccc3c2C(C)(C)c2ccccc2-3)cc1)c1coc2cc3ccccc3cc12. The summed E-state index contributed by atoms with van der Waals surface area (Å²) < 4.78 is 6.32. The third-order valence-corrected chi connectivity index (χ3v) is 13.9. The Kier molecular flexibility index (Phi) is 9.69. The van der Waals surface area contributed by atoms with Crippen LogP contribution in [0.25, 0.3) is 82.6 Å². The monoisotopic (exact) mass is 857 g/mol. The van der Waals surface area contributed by atoms with Gasteiger partial charge in [-0.3, -0.25) is 0 Å². The van der Waals surface area contributed by atoms with Crippen LogP contribution in [-0.2, 0) is 5.41 Å². The van der Waals surface area contributed by atoms with E-state index in [4.69, 9.17) is 4.42 Å². The highest BCUT2D eigenvalue weighted by Gasteiger charge is 2.37. The second-order valence-corrected chi connectivity index (χ2v) is 18.1. The van der Waals surface area contributed by atoms with Gasteiger partial charge in [0.2, 0.25) is 0 Å². The minimum atomic E-state index is -0.125. The first kappa shape index (κ1) is 40.1. The lowest BCUT2D eigenvalue weighted by Gasteiger charge is -2.29. The van der Waals surface area contributed by atoms with Gasteiger partial charge >= 0.3 is 0 Å². The molecule has 0 atom stereocenters. The fraction of sp³-hybridized carbons (Fsp3) is 0.0462. The molecule has 0 bridgehead atoms. The highest BCUT2D eigenvalue weighted by atomic mass is 16.3. The molecule has 0 amide bonds. The van der Waals surface area contributed by atoms with Gasteiger partial charge in [0.15, 0.2) is 0 Å². The molecule has 2 nitrogen and oxygen atoms in total. The fourth-order valence-corrected chi connectivity index (χ4v) is 10.6. The molecule has 12 rings (SSSR count). The van der Waals surface area contributed by atoms with Crippen molar-refractivity contribution in [1.29, 1.82) is 0 Å². The van der Waals surface area contributed by atoms with Crippen molar-refractivity contribution in [1.82, 2.24) is 0 Å². The van der Waals surface area contributed by atoms with E-state index < -0.39 is 0 Å². The molecule has 1 aromatic heterocycles. The Morgan fingerprint density at radius 3 is 1.79 bits per heavy atom. The van der Waals surface area contributed by atoms with E-state index in [9.17, 15) is 0 Å². The van der Waals surface area contributed by atoms with E-state index in [1.165, 1.54) is 66.2 Å². The zero-order chi connectivity index (χ0) is 45.1. The number of fused-ring (bicyclic) bond motifs is 6. The van der Waals surface area contributed by atoms with Gasteiger partial charge in [-0.25, -0.2) is 0 Å². The third-order valence-electron chi connectivity index (χ3n) is 13.9. The third kappa shape index (κ3) is 6.89. The lowest BCUT2D eigenvalue weighted by Crippen LogP contribution is -2.16. The summed E-state index contributed by atoms with van der Waals surface area (Å²) in [7, 11) is 0. The fourth-order valence-electron chi connectivity index (χ4n) is 10.6. The minimum absolute atomic E-state index is 0.125. The molecule has 1 aliphatic rings. The molecule has 0 radical (unpaired) electrons. The van der Waals surface area contributed by atoms with Crippen LogP contribution in [0.1, 0.15) is 36.1 Å². The van der Waals surface area contributed by atoms with E-state index in [2.05, 4.69) is 250 Å². The number of para-hydroxylation sites is 1. The summed E-state index contributed by atoms with van der Waals surface area (Å²) in [6.45, 7) is 8.92. The largest absolute Gasteiger partial charge is 0.464 e. The first-order valence-electron chi connectivity index (χ1n) is 23.1. The Balaban J connectivity index is 0.978. The van der Waals surface area contributed by atoms with Crippen LogP contribution in [0.4, 0.5) is 17.1 Å². The van der Waals surface area contributed by atoms with E-state index in [0.29, 0.717) is 0 Å². The molecule has 2 heteroatoms. The van der Waals surface area contributed by atoms with Crippen molar-refractivity contribution in [2.45, 2.75) is 19.3 Å². The van der Waals surface area contributed by atoms with Gasteiger partial charge in [-0.05, 0) is 137 Å². The number of rotatable bonds is 9. The molecule has 0 saturated heterocycles. The smallest absolute Gasteiger partial charge is 0.135 e. The van der Waals surface area contributed by atoms with Gasteiger partial charge in [0.05, 0.1) is 12.0 Å². The molecular formula is C65H47NO. The first-order chi connectivity index (χ1) is 32.9. The van der Waals surface area contributed by atoms with Crippen molar-refractivity contribution in [2.75, 3.05) is 4.90 Å². The quantitative estimate of drug-likeness (QED) is 0.134. The number of allylic oxidation sites excluding steroid dienone is 2. The molecule has 0 fully saturated rings. The summed E-state index contributed by atoms with van der Waals surface area (Å²) in [5, 5.41) is 5.87. The molecule has 0 spiro atoms. The van der Waals surface area contributed by atoms with Crippen LogP contribution >= 0.6 is 0 Å². The van der Waals surface area contributed by atoms with Crippen LogP contribution in [0, 0.1) is 0 Å². The molecule has 0 saturated carbocycles. The van der Waals surface area contributed by atoms with Crippen molar-refractivity contribution >= 4 is 55.1 Å². The number of furan rings is 1. The van der Waals surface area contributed by atoms with Crippen molar-refractivity contribution in [3.8, 4) is 44.5 Å². The molecule has 318 valence electrons. The van der Waals surface area contributed by atoms with Crippen molar-refractivity contribution in [3.05, 3.63) is 266 Å². The second kappa shape index (κ2) is 16.2. The predicted molar refractivity (Wildman–Crippen MR) is 283 cm³/mol. The molecule has 1 heterocycles. The standard InChI is InChI=1S/C65H47NO/c1-4-15-55(60-42-67-63-41-50-19-8-7-18-49(50)40-59(60)63)57-23-10-12-27-62(57)66(53-36-32-45(33-37-53)54-24-14-25-58-56-22-9-11-26-61(56)65(2,3)64(54)58)52-34-30-44(31-35-52)47-20-13-21-48(38-47)51-29-28-43-16-5-6-17-46(43)39-51/h4-42H,1H2,2-3H3/b55-15-. The Morgan fingerprint density at radius 1 is 0.463 bits per heavy atom. The van der Waals surface area contributed by atoms with Gasteiger partial charge in [-0.2, -0.15) is 0 Å². The number of anilines is 3. The highest BCUT2D eigenvalue weighted by Crippen LogP contribution is 2.52. The summed E-state index contributed by atoms with van der Waals surface area (Å²) >= 11 is 0. The maximum Gasteiger partial charge on any atom is 0.135 e. The van der Waals surface area contributed by atoms with Crippen molar-refractivity contribution in [2.24, 2.45) is 0 Å². The topological polar surface area (TPSA) is 16.4 Å². The molecule has 67 heavy (non-hydrogen) atoms. The Labute approximate surface area is 392 Å². The summed E-state index contributed by atoms with van der Waals surface area (Å²) in [4.78, 5) is 2.39. The molecule has 0 aliphatic heterocycles. The summed E-state index contributed by atoms with van der Waals surface area (Å²) in [6, 6.07) is 79.4. The average Bonchev–Trinajstić information content (AvgIpc) is 3.90. The maximum atomic E-state index is 6.32. The second-order valence-electron chi connectivity index (χ2n) is 18.1. The molecular weight excluding hydrogens is 811 g/mol. The zero-order valence-electron chi connectivity index (χ0n) is 37.6. The summed E-state index contributed by atoms with van der Waals surface area (Å²) in [5.41, 5.74) is 19.6. The molecule has 1 aliphatic carbocycles. The Hall–Kier alpha value is -8.46. The van der Waals surface area contributed by atoms with Crippen LogP contribution in [0.15, 0.2) is 248 Å². The van der Waals surface area contributed by atoms with Crippen LogP contribution in [0.2, 0.25) is 0 Å². The maximum absolute atomic E-state index is 6.32. The van der Waals surface area contributed by atoms with E-state index >= 15 is 0 Å². The summed E-state index contributed by atoms with van der Waals surface area (Å²) in [5.74, 6) is 0. The van der Waals surface area contributed by atoms with Crippen molar-refractivity contribution in [3.63, 3.8) is 0 Å². The van der Waals surface area contributed by atoms with Gasteiger partial charge in [0, 0.05) is 33.3 Å². The summed E-state index contributed by atoms with van der Waals surface area (Å²) in [6.07, 6.45) is 5.89. The van der Waals surface area contributed by atoms with Gasteiger partial charge in [0.25, 0.3) is 0 Å². The highest BCUT2D eigenvalue weighted by molar-refractivity contribution is 6.05. The Morgan fingerprint density at radius 2 is 1.03 bits per heavy atom. The molecule has 11 aromatic rings. The lowest BCUT2D eigenvalue weighted by atomic mass is 9.79. The first-order valence-corrected chi connectivity index (χ1v) is 23.1. The van der Waals surface area contributed by atoms with Crippen LogP contribution < -0.4 is 4.90 Å². The molecule has 0 N–H and O–H groups in total. The van der Waals surface area contributed by atoms with E-state index in [0.717, 1.165) is 55.7 Å². The predicted octanol–water partition coefficient (Wildman–Crippen LogP) is 18.1. The van der Waals surface area contributed by atoms with Crippen LogP contribution in [0.5, 0.6) is 0 Å². The van der Waals surface area contributed by atoms with Crippen molar-refractivity contribution < 1.29 is 4.42 Å². The normalized spacial score (nSPS) is 12.9.